The van der Waals surface area contributed by atoms with Gasteiger partial charge in [0.15, 0.2) is 0 Å². The maximum absolute atomic E-state index is 11.1. The van der Waals surface area contributed by atoms with Crippen LogP contribution in [0.5, 0.6) is 0 Å². The van der Waals surface area contributed by atoms with Gasteiger partial charge in [0.05, 0.1) is 11.4 Å². The molecule has 3 rings (SSSR count). The van der Waals surface area contributed by atoms with Crippen molar-refractivity contribution in [3.8, 4) is 0 Å². The van der Waals surface area contributed by atoms with Crippen LogP contribution >= 0.6 is 0 Å². The van der Waals surface area contributed by atoms with Crippen molar-refractivity contribution in [3.63, 3.8) is 0 Å². The van der Waals surface area contributed by atoms with Gasteiger partial charge in [-0.3, -0.25) is 4.79 Å². The third kappa shape index (κ3) is 2.23. The molecule has 98 valence electrons. The van der Waals surface area contributed by atoms with Gasteiger partial charge in [-0.1, -0.05) is 12.1 Å². The van der Waals surface area contributed by atoms with E-state index in [1.807, 2.05) is 24.3 Å². The molecular formula is C14H15N3O2. The Morgan fingerprint density at radius 3 is 3.00 bits per heavy atom. The van der Waals surface area contributed by atoms with Crippen molar-refractivity contribution >= 4 is 22.7 Å². The zero-order chi connectivity index (χ0) is 13.2. The summed E-state index contributed by atoms with van der Waals surface area (Å²) in [5.41, 5.74) is 0.893. The Balaban J connectivity index is 1.97. The van der Waals surface area contributed by atoms with E-state index >= 15 is 0 Å². The molecule has 2 heterocycles. The zero-order valence-corrected chi connectivity index (χ0v) is 10.5. The summed E-state index contributed by atoms with van der Waals surface area (Å²) in [4.78, 5) is 21.8. The molecule has 0 amide bonds. The molecule has 5 heteroatoms. The highest BCUT2D eigenvalue weighted by Crippen LogP contribution is 2.27. The average molecular weight is 257 g/mol. The van der Waals surface area contributed by atoms with Crippen molar-refractivity contribution in [2.24, 2.45) is 5.92 Å². The number of nitrogens with zero attached hydrogens (tertiary/aromatic N) is 3. The lowest BCUT2D eigenvalue weighted by molar-refractivity contribution is -0.141. The molecule has 1 atom stereocenters. The van der Waals surface area contributed by atoms with Gasteiger partial charge in [-0.15, -0.1) is 0 Å². The first-order valence-corrected chi connectivity index (χ1v) is 6.43. The molecule has 0 bridgehead atoms. The number of carboxylic acids is 1. The highest BCUT2D eigenvalue weighted by atomic mass is 16.4. The molecule has 1 aromatic carbocycles. The molecule has 0 radical (unpaired) electrons. The van der Waals surface area contributed by atoms with Crippen LogP contribution in [-0.4, -0.2) is 34.1 Å². The lowest BCUT2D eigenvalue weighted by Crippen LogP contribution is -2.39. The van der Waals surface area contributed by atoms with E-state index in [0.29, 0.717) is 6.54 Å². The first kappa shape index (κ1) is 11.9. The van der Waals surface area contributed by atoms with Crippen LogP contribution in [0.15, 0.2) is 30.6 Å². The van der Waals surface area contributed by atoms with Crippen LogP contribution in [0.4, 0.5) is 5.82 Å². The van der Waals surface area contributed by atoms with Crippen LogP contribution in [0.1, 0.15) is 12.8 Å². The minimum absolute atomic E-state index is 0.303. The van der Waals surface area contributed by atoms with E-state index in [0.717, 1.165) is 36.1 Å². The smallest absolute Gasteiger partial charge is 0.308 e. The van der Waals surface area contributed by atoms with E-state index in [-0.39, 0.29) is 5.92 Å². The molecule has 1 fully saturated rings. The first-order chi connectivity index (χ1) is 9.25. The second-order valence-electron chi connectivity index (χ2n) is 4.84. The van der Waals surface area contributed by atoms with Crippen LogP contribution in [0.3, 0.4) is 0 Å². The van der Waals surface area contributed by atoms with Crippen LogP contribution in [0.25, 0.3) is 10.9 Å². The Morgan fingerprint density at radius 2 is 2.16 bits per heavy atom. The number of hydrogen-bond acceptors (Lipinski definition) is 4. The fraction of sp³-hybridized carbons (Fsp3) is 0.357. The number of rotatable bonds is 2. The minimum Gasteiger partial charge on any atom is -0.481 e. The highest BCUT2D eigenvalue weighted by molar-refractivity contribution is 5.89. The number of benzene rings is 1. The van der Waals surface area contributed by atoms with Gasteiger partial charge in [0.1, 0.15) is 12.1 Å². The second-order valence-corrected chi connectivity index (χ2v) is 4.84. The summed E-state index contributed by atoms with van der Waals surface area (Å²) in [6.45, 7) is 1.38. The molecule has 1 aliphatic rings. The first-order valence-electron chi connectivity index (χ1n) is 6.43. The molecule has 0 spiro atoms. The number of hydrogen-bond donors (Lipinski definition) is 1. The van der Waals surface area contributed by atoms with E-state index < -0.39 is 5.97 Å². The van der Waals surface area contributed by atoms with Crippen molar-refractivity contribution in [2.75, 3.05) is 18.0 Å². The predicted octanol–water partition coefficient (Wildman–Crippen LogP) is 1.93. The quantitative estimate of drug-likeness (QED) is 0.890. The van der Waals surface area contributed by atoms with E-state index in [1.54, 1.807) is 6.33 Å². The van der Waals surface area contributed by atoms with Gasteiger partial charge in [-0.2, -0.15) is 0 Å². The number of aliphatic carboxylic acids is 1. The maximum atomic E-state index is 11.1. The SMILES string of the molecule is O=C(O)[C@@H]1CCCN(c2ncnc3ccccc23)C1. The third-order valence-electron chi connectivity index (χ3n) is 3.59. The summed E-state index contributed by atoms with van der Waals surface area (Å²) in [5, 5.41) is 10.1. The zero-order valence-electron chi connectivity index (χ0n) is 10.5. The lowest BCUT2D eigenvalue weighted by Gasteiger charge is -2.32. The lowest BCUT2D eigenvalue weighted by atomic mass is 9.98. The highest BCUT2D eigenvalue weighted by Gasteiger charge is 2.26. The number of carbonyl (C=O) groups is 1. The van der Waals surface area contributed by atoms with Crippen LogP contribution < -0.4 is 4.90 Å². The molecule has 5 nitrogen and oxygen atoms in total. The molecule has 0 saturated carbocycles. The van der Waals surface area contributed by atoms with Gasteiger partial charge in [-0.05, 0) is 25.0 Å². The molecule has 1 saturated heterocycles. The van der Waals surface area contributed by atoms with Gasteiger partial charge in [-0.25, -0.2) is 9.97 Å². The Hall–Kier alpha value is -2.17. The fourth-order valence-corrected chi connectivity index (χ4v) is 2.61. The Labute approximate surface area is 110 Å². The molecule has 1 aromatic heterocycles. The van der Waals surface area contributed by atoms with E-state index in [9.17, 15) is 4.79 Å². The van der Waals surface area contributed by atoms with Gasteiger partial charge in [0.25, 0.3) is 0 Å². The van der Waals surface area contributed by atoms with E-state index in [4.69, 9.17) is 5.11 Å². The molecule has 1 aliphatic heterocycles. The van der Waals surface area contributed by atoms with Crippen LogP contribution in [0.2, 0.25) is 0 Å². The number of anilines is 1. The number of para-hydroxylation sites is 1. The van der Waals surface area contributed by atoms with Crippen molar-refractivity contribution in [3.05, 3.63) is 30.6 Å². The fourth-order valence-electron chi connectivity index (χ4n) is 2.61. The second kappa shape index (κ2) is 4.84. The molecule has 2 aromatic rings. The summed E-state index contributed by atoms with van der Waals surface area (Å²) in [7, 11) is 0. The van der Waals surface area contributed by atoms with Gasteiger partial charge < -0.3 is 10.0 Å². The Kier molecular flexibility index (Phi) is 3.03. The number of piperidine rings is 1. The van der Waals surface area contributed by atoms with Crippen molar-refractivity contribution < 1.29 is 9.90 Å². The van der Waals surface area contributed by atoms with Crippen molar-refractivity contribution in [1.82, 2.24) is 9.97 Å². The third-order valence-corrected chi connectivity index (χ3v) is 3.59. The molecule has 19 heavy (non-hydrogen) atoms. The number of aromatic nitrogens is 2. The van der Waals surface area contributed by atoms with Crippen molar-refractivity contribution in [2.45, 2.75) is 12.8 Å². The van der Waals surface area contributed by atoms with Gasteiger partial charge in [0.2, 0.25) is 0 Å². The molecular weight excluding hydrogens is 242 g/mol. The van der Waals surface area contributed by atoms with Gasteiger partial charge >= 0.3 is 5.97 Å². The summed E-state index contributed by atoms with van der Waals surface area (Å²) in [5.74, 6) is -0.179. The average Bonchev–Trinajstić information content (AvgIpc) is 2.47. The van der Waals surface area contributed by atoms with E-state index in [2.05, 4.69) is 14.9 Å². The van der Waals surface area contributed by atoms with Crippen LogP contribution in [0, 0.1) is 5.92 Å². The summed E-state index contributed by atoms with van der Waals surface area (Å²) < 4.78 is 0. The largest absolute Gasteiger partial charge is 0.481 e. The minimum atomic E-state index is -0.719. The summed E-state index contributed by atoms with van der Waals surface area (Å²) in [6, 6.07) is 7.82. The summed E-state index contributed by atoms with van der Waals surface area (Å²) >= 11 is 0. The summed E-state index contributed by atoms with van der Waals surface area (Å²) in [6.07, 6.45) is 3.17. The number of fused-ring (bicyclic) bond motifs is 1. The predicted molar refractivity (Wildman–Crippen MR) is 72.1 cm³/mol. The van der Waals surface area contributed by atoms with Crippen LogP contribution in [-0.2, 0) is 4.79 Å². The van der Waals surface area contributed by atoms with E-state index in [1.165, 1.54) is 0 Å². The topological polar surface area (TPSA) is 66.3 Å². The number of carboxylic acid groups (broad SMARTS) is 1. The monoisotopic (exact) mass is 257 g/mol. The Morgan fingerprint density at radius 1 is 1.32 bits per heavy atom. The van der Waals surface area contributed by atoms with Gasteiger partial charge in [0, 0.05) is 18.5 Å². The molecule has 1 N–H and O–H groups in total. The van der Waals surface area contributed by atoms with Crippen molar-refractivity contribution in [1.29, 1.82) is 0 Å². The Bertz CT molecular complexity index is 609. The molecule has 0 aliphatic carbocycles. The standard InChI is InChI=1S/C14H15N3O2/c18-14(19)10-4-3-7-17(8-10)13-11-5-1-2-6-12(11)15-9-16-13/h1-2,5-6,9-10H,3-4,7-8H2,(H,18,19)/t10-/m1/s1. The molecule has 0 unspecified atom stereocenters. The maximum Gasteiger partial charge on any atom is 0.308 e. The normalized spacial score (nSPS) is 19.6.